The fourth-order valence-corrected chi connectivity index (χ4v) is 3.45. The number of hydrogen-bond donors (Lipinski definition) is 1. The third kappa shape index (κ3) is 3.57. The van der Waals surface area contributed by atoms with Crippen LogP contribution in [-0.2, 0) is 17.0 Å². The summed E-state index contributed by atoms with van der Waals surface area (Å²) in [7, 11) is -0.940. The highest BCUT2D eigenvalue weighted by atomic mass is 32.2. The van der Waals surface area contributed by atoms with Crippen LogP contribution in [0.4, 0.5) is 13.2 Å². The quantitative estimate of drug-likeness (QED) is 0.862. The maximum atomic E-state index is 12.5. The molecule has 19 heavy (non-hydrogen) atoms. The molecular weight excluding hydrogens is 275 g/mol. The van der Waals surface area contributed by atoms with E-state index in [0.29, 0.717) is 5.75 Å². The van der Waals surface area contributed by atoms with E-state index in [1.807, 2.05) is 6.92 Å². The van der Waals surface area contributed by atoms with Crippen LogP contribution in [-0.4, -0.2) is 21.8 Å². The summed E-state index contributed by atoms with van der Waals surface area (Å²) in [4.78, 5) is 0. The summed E-state index contributed by atoms with van der Waals surface area (Å²) in [5, 5.41) is 3.37. The maximum absolute atomic E-state index is 12.5. The molecular formula is C13H16F3NOS. The number of halogens is 3. The molecule has 1 aliphatic rings. The van der Waals surface area contributed by atoms with E-state index in [4.69, 9.17) is 0 Å². The Morgan fingerprint density at radius 2 is 1.89 bits per heavy atom. The van der Waals surface area contributed by atoms with Crippen LogP contribution in [0.3, 0.4) is 0 Å². The highest BCUT2D eigenvalue weighted by Crippen LogP contribution is 2.30. The molecule has 2 rings (SSSR count). The van der Waals surface area contributed by atoms with Crippen molar-refractivity contribution in [2.45, 2.75) is 30.8 Å². The van der Waals surface area contributed by atoms with Gasteiger partial charge in [-0.1, -0.05) is 19.1 Å². The zero-order chi connectivity index (χ0) is 14.0. The zero-order valence-corrected chi connectivity index (χ0v) is 11.4. The van der Waals surface area contributed by atoms with Gasteiger partial charge in [0.15, 0.2) is 0 Å². The molecule has 1 heterocycles. The highest BCUT2D eigenvalue weighted by Gasteiger charge is 2.30. The first-order chi connectivity index (χ1) is 8.88. The van der Waals surface area contributed by atoms with Gasteiger partial charge in [-0.3, -0.25) is 4.21 Å². The van der Waals surface area contributed by atoms with Crippen molar-refractivity contribution in [2.24, 2.45) is 0 Å². The Morgan fingerprint density at radius 3 is 2.47 bits per heavy atom. The molecule has 3 atom stereocenters. The lowest BCUT2D eigenvalue weighted by Gasteiger charge is -2.16. The number of rotatable bonds is 1. The van der Waals surface area contributed by atoms with Crippen LogP contribution < -0.4 is 5.32 Å². The molecule has 1 aliphatic heterocycles. The van der Waals surface area contributed by atoms with Gasteiger partial charge in [-0.15, -0.1) is 0 Å². The topological polar surface area (TPSA) is 29.1 Å². The van der Waals surface area contributed by atoms with Gasteiger partial charge in [0, 0.05) is 27.8 Å². The van der Waals surface area contributed by atoms with E-state index < -0.39 is 22.5 Å². The second kappa shape index (κ2) is 5.63. The third-order valence-electron chi connectivity index (χ3n) is 3.36. The zero-order valence-electron chi connectivity index (χ0n) is 10.5. The highest BCUT2D eigenvalue weighted by molar-refractivity contribution is 7.85. The van der Waals surface area contributed by atoms with Gasteiger partial charge < -0.3 is 5.32 Å². The first-order valence-corrected chi connectivity index (χ1v) is 7.54. The van der Waals surface area contributed by atoms with Gasteiger partial charge in [-0.2, -0.15) is 13.2 Å². The van der Waals surface area contributed by atoms with Crippen LogP contribution in [0, 0.1) is 0 Å². The van der Waals surface area contributed by atoms with Crippen LogP contribution in [0.25, 0.3) is 0 Å². The van der Waals surface area contributed by atoms with E-state index in [1.165, 1.54) is 12.1 Å². The Morgan fingerprint density at radius 1 is 1.26 bits per heavy atom. The summed E-state index contributed by atoms with van der Waals surface area (Å²) in [6.45, 7) is 2.67. The van der Waals surface area contributed by atoms with Crippen molar-refractivity contribution >= 4 is 10.8 Å². The Hall–Kier alpha value is -0.880. The number of nitrogens with one attached hydrogen (secondary N) is 1. The van der Waals surface area contributed by atoms with Crippen LogP contribution in [0.15, 0.2) is 24.3 Å². The van der Waals surface area contributed by atoms with Gasteiger partial charge in [0.1, 0.15) is 0 Å². The summed E-state index contributed by atoms with van der Waals surface area (Å²) < 4.78 is 49.3. The predicted molar refractivity (Wildman–Crippen MR) is 69.3 cm³/mol. The fraction of sp³-hybridized carbons (Fsp3) is 0.538. The summed E-state index contributed by atoms with van der Waals surface area (Å²) in [6, 6.07) is 4.96. The van der Waals surface area contributed by atoms with E-state index in [2.05, 4.69) is 5.32 Å². The van der Waals surface area contributed by atoms with E-state index in [9.17, 15) is 17.4 Å². The minimum absolute atomic E-state index is 0.131. The van der Waals surface area contributed by atoms with Crippen LogP contribution >= 0.6 is 0 Å². The predicted octanol–water partition coefficient (Wildman–Crippen LogP) is 2.88. The molecule has 0 saturated carbocycles. The van der Waals surface area contributed by atoms with Crippen molar-refractivity contribution < 1.29 is 17.4 Å². The molecule has 0 amide bonds. The van der Waals surface area contributed by atoms with Crippen LogP contribution in [0.1, 0.15) is 30.5 Å². The normalized spacial score (nSPS) is 28.9. The van der Waals surface area contributed by atoms with Gasteiger partial charge in [0.25, 0.3) is 0 Å². The van der Waals surface area contributed by atoms with Gasteiger partial charge >= 0.3 is 6.18 Å². The number of hydrogen-bond acceptors (Lipinski definition) is 2. The lowest BCUT2D eigenvalue weighted by Crippen LogP contribution is -2.24. The molecule has 3 unspecified atom stereocenters. The molecule has 0 bridgehead atoms. The minimum Gasteiger partial charge on any atom is -0.309 e. The number of alkyl halides is 3. The summed E-state index contributed by atoms with van der Waals surface area (Å²) >= 11 is 0. The van der Waals surface area contributed by atoms with E-state index >= 15 is 0 Å². The average Bonchev–Trinajstić information content (AvgIpc) is 2.51. The molecule has 0 spiro atoms. The second-order valence-electron chi connectivity index (χ2n) is 4.77. The van der Waals surface area contributed by atoms with E-state index in [0.717, 1.165) is 30.7 Å². The summed E-state index contributed by atoms with van der Waals surface area (Å²) in [5.41, 5.74) is 0.106. The van der Waals surface area contributed by atoms with Gasteiger partial charge in [0.05, 0.1) is 5.56 Å². The third-order valence-corrected chi connectivity index (χ3v) is 5.16. The first kappa shape index (κ1) is 14.5. The first-order valence-electron chi connectivity index (χ1n) is 6.15. The van der Waals surface area contributed by atoms with Crippen LogP contribution in [0.2, 0.25) is 0 Å². The van der Waals surface area contributed by atoms with E-state index in [1.54, 1.807) is 0 Å². The molecule has 0 radical (unpaired) electrons. The number of benzene rings is 1. The van der Waals surface area contributed by atoms with Crippen LogP contribution in [0.5, 0.6) is 0 Å². The molecule has 1 aromatic carbocycles. The molecule has 1 saturated heterocycles. The molecule has 106 valence electrons. The Balaban J connectivity index is 2.16. The Labute approximate surface area is 112 Å². The standard InChI is InChI=1S/C13H16F3NOS/c1-9-6-7-17-12(8-19(9)18)10-2-4-11(5-3-10)13(14,15)16/h2-5,9,12,17H,6-8H2,1H3. The fourth-order valence-electron chi connectivity index (χ4n) is 2.10. The maximum Gasteiger partial charge on any atom is 0.416 e. The lowest BCUT2D eigenvalue weighted by molar-refractivity contribution is -0.137. The van der Waals surface area contributed by atoms with Gasteiger partial charge in [-0.25, -0.2) is 0 Å². The Bertz CT molecular complexity index is 458. The van der Waals surface area contributed by atoms with E-state index in [-0.39, 0.29) is 11.3 Å². The largest absolute Gasteiger partial charge is 0.416 e. The monoisotopic (exact) mass is 291 g/mol. The average molecular weight is 291 g/mol. The van der Waals surface area contributed by atoms with Crippen molar-refractivity contribution in [1.82, 2.24) is 5.32 Å². The molecule has 0 aliphatic carbocycles. The van der Waals surface area contributed by atoms with Gasteiger partial charge in [0.2, 0.25) is 0 Å². The summed E-state index contributed by atoms with van der Waals surface area (Å²) in [6.07, 6.45) is -3.49. The second-order valence-corrected chi connectivity index (χ2v) is 6.67. The van der Waals surface area contributed by atoms with Crippen molar-refractivity contribution in [2.75, 3.05) is 12.3 Å². The Kier molecular flexibility index (Phi) is 4.30. The smallest absolute Gasteiger partial charge is 0.309 e. The molecule has 2 nitrogen and oxygen atoms in total. The minimum atomic E-state index is -4.31. The van der Waals surface area contributed by atoms with Crippen molar-refractivity contribution in [1.29, 1.82) is 0 Å². The molecule has 0 aromatic heterocycles. The van der Waals surface area contributed by atoms with Crippen molar-refractivity contribution in [3.8, 4) is 0 Å². The van der Waals surface area contributed by atoms with Crippen molar-refractivity contribution in [3.05, 3.63) is 35.4 Å². The SMILES string of the molecule is CC1CCNC(c2ccc(C(F)(F)F)cc2)CS1=O. The van der Waals surface area contributed by atoms with Crippen molar-refractivity contribution in [3.63, 3.8) is 0 Å². The molecule has 1 aromatic rings. The molecule has 1 N–H and O–H groups in total. The molecule has 6 heteroatoms. The molecule has 1 fully saturated rings. The summed E-state index contributed by atoms with van der Waals surface area (Å²) in [5.74, 6) is 0.451. The van der Waals surface area contributed by atoms with Gasteiger partial charge in [-0.05, 0) is 30.7 Å². The lowest BCUT2D eigenvalue weighted by atomic mass is 10.1.